The van der Waals surface area contributed by atoms with Crippen LogP contribution in [0, 0.1) is 11.6 Å². The van der Waals surface area contributed by atoms with Crippen LogP contribution in [-0.4, -0.2) is 37.7 Å². The van der Waals surface area contributed by atoms with Crippen molar-refractivity contribution < 1.29 is 13.5 Å². The number of halogens is 2. The first kappa shape index (κ1) is 16.0. The molecule has 0 aromatic heterocycles. The molecule has 3 nitrogen and oxygen atoms in total. The van der Waals surface area contributed by atoms with Gasteiger partial charge < -0.3 is 10.5 Å². The maximum absolute atomic E-state index is 13.8. The predicted octanol–water partition coefficient (Wildman–Crippen LogP) is 2.32. The van der Waals surface area contributed by atoms with E-state index in [1.807, 2.05) is 25.8 Å². The van der Waals surface area contributed by atoms with Crippen LogP contribution >= 0.6 is 0 Å². The molecule has 1 aromatic rings. The second-order valence-electron chi connectivity index (χ2n) is 4.79. The lowest BCUT2D eigenvalue weighted by molar-refractivity contribution is 0.0560. The molecule has 0 aliphatic carbocycles. The number of nitrogens with zero attached hydrogens (tertiary/aromatic N) is 1. The molecule has 0 aliphatic heterocycles. The van der Waals surface area contributed by atoms with Gasteiger partial charge in [0.25, 0.3) is 0 Å². The molecule has 0 fully saturated rings. The van der Waals surface area contributed by atoms with Crippen molar-refractivity contribution in [2.45, 2.75) is 26.0 Å². The highest BCUT2D eigenvalue weighted by Crippen LogP contribution is 2.22. The summed E-state index contributed by atoms with van der Waals surface area (Å²) < 4.78 is 32.4. The van der Waals surface area contributed by atoms with Gasteiger partial charge in [-0.3, -0.25) is 4.90 Å². The molecule has 1 rings (SSSR count). The molecule has 0 saturated heterocycles. The molecule has 108 valence electrons. The van der Waals surface area contributed by atoms with Crippen molar-refractivity contribution in [1.29, 1.82) is 0 Å². The molecule has 1 aromatic carbocycles. The van der Waals surface area contributed by atoms with Crippen LogP contribution in [0.3, 0.4) is 0 Å². The van der Waals surface area contributed by atoms with Crippen molar-refractivity contribution in [2.24, 2.45) is 5.73 Å². The average molecular weight is 272 g/mol. The Balaban J connectivity index is 2.73. The van der Waals surface area contributed by atoms with Gasteiger partial charge in [0.15, 0.2) is 11.6 Å². The third-order valence-electron chi connectivity index (χ3n) is 2.99. The normalized spacial score (nSPS) is 13.3. The molecule has 0 aliphatic rings. The average Bonchev–Trinajstić information content (AvgIpc) is 2.35. The van der Waals surface area contributed by atoms with Crippen LogP contribution in [0.4, 0.5) is 8.78 Å². The molecule has 5 heteroatoms. The molecule has 0 heterocycles. The van der Waals surface area contributed by atoms with Crippen molar-refractivity contribution in [3.63, 3.8) is 0 Å². The van der Waals surface area contributed by atoms with Crippen molar-refractivity contribution in [3.05, 3.63) is 35.4 Å². The summed E-state index contributed by atoms with van der Waals surface area (Å²) in [7, 11) is 1.82. The summed E-state index contributed by atoms with van der Waals surface area (Å²) in [6, 6.07) is 3.81. The lowest BCUT2D eigenvalue weighted by Gasteiger charge is -2.27. The number of likely N-dealkylation sites (N-methyl/N-ethyl adjacent to an activating group) is 1. The smallest absolute Gasteiger partial charge is 0.163 e. The minimum Gasteiger partial charge on any atom is -0.377 e. The van der Waals surface area contributed by atoms with Crippen molar-refractivity contribution in [2.75, 3.05) is 26.7 Å². The van der Waals surface area contributed by atoms with Crippen LogP contribution in [-0.2, 0) is 4.74 Å². The van der Waals surface area contributed by atoms with Crippen LogP contribution in [0.1, 0.15) is 25.5 Å². The molecule has 1 unspecified atom stereocenters. The molecule has 19 heavy (non-hydrogen) atoms. The van der Waals surface area contributed by atoms with Gasteiger partial charge in [0.1, 0.15) is 0 Å². The van der Waals surface area contributed by atoms with E-state index in [1.54, 1.807) is 6.07 Å². The van der Waals surface area contributed by atoms with Crippen LogP contribution in [0.5, 0.6) is 0 Å². The zero-order chi connectivity index (χ0) is 14.4. The molecular formula is C14H22F2N2O. The van der Waals surface area contributed by atoms with Crippen molar-refractivity contribution >= 4 is 0 Å². The summed E-state index contributed by atoms with van der Waals surface area (Å²) in [5, 5.41) is 0. The van der Waals surface area contributed by atoms with E-state index in [9.17, 15) is 8.78 Å². The molecule has 0 amide bonds. The molecule has 0 radical (unpaired) electrons. The number of ether oxygens (including phenoxy) is 1. The molecule has 2 N–H and O–H groups in total. The Labute approximate surface area is 113 Å². The monoisotopic (exact) mass is 272 g/mol. The quantitative estimate of drug-likeness (QED) is 0.828. The standard InChI is InChI=1S/C14H22F2N2O/c1-10(2)19-8-7-18(3)13(9-17)11-5-4-6-12(15)14(11)16/h4-6,10,13H,7-9,17H2,1-3H3. The fraction of sp³-hybridized carbons (Fsp3) is 0.571. The van der Waals surface area contributed by atoms with Gasteiger partial charge in [0, 0.05) is 24.7 Å². The minimum atomic E-state index is -0.845. The van der Waals surface area contributed by atoms with E-state index in [1.165, 1.54) is 6.07 Å². The Kier molecular flexibility index (Phi) is 6.34. The number of hydrogen-bond donors (Lipinski definition) is 1. The summed E-state index contributed by atoms with van der Waals surface area (Å²) in [5.74, 6) is -1.67. The van der Waals surface area contributed by atoms with Gasteiger partial charge in [-0.05, 0) is 27.0 Å². The predicted molar refractivity (Wildman–Crippen MR) is 71.9 cm³/mol. The molecular weight excluding hydrogens is 250 g/mol. The number of hydrogen-bond acceptors (Lipinski definition) is 3. The zero-order valence-electron chi connectivity index (χ0n) is 11.7. The summed E-state index contributed by atoms with van der Waals surface area (Å²) >= 11 is 0. The largest absolute Gasteiger partial charge is 0.377 e. The first-order chi connectivity index (χ1) is 8.97. The Morgan fingerprint density at radius 2 is 2.00 bits per heavy atom. The fourth-order valence-electron chi connectivity index (χ4n) is 1.91. The SMILES string of the molecule is CC(C)OCCN(C)C(CN)c1cccc(F)c1F. The van der Waals surface area contributed by atoms with Crippen LogP contribution in [0.25, 0.3) is 0 Å². The first-order valence-electron chi connectivity index (χ1n) is 6.43. The van der Waals surface area contributed by atoms with Gasteiger partial charge in [-0.25, -0.2) is 8.78 Å². The van der Waals surface area contributed by atoms with E-state index in [2.05, 4.69) is 0 Å². The van der Waals surface area contributed by atoms with Gasteiger partial charge in [0.05, 0.1) is 12.7 Å². The second kappa shape index (κ2) is 7.53. The lowest BCUT2D eigenvalue weighted by atomic mass is 10.0. The van der Waals surface area contributed by atoms with E-state index in [-0.39, 0.29) is 24.3 Å². The molecule has 0 spiro atoms. The van der Waals surface area contributed by atoms with Gasteiger partial charge in [-0.15, -0.1) is 0 Å². The molecule has 1 atom stereocenters. The topological polar surface area (TPSA) is 38.5 Å². The summed E-state index contributed by atoms with van der Waals surface area (Å²) in [4.78, 5) is 1.88. The van der Waals surface area contributed by atoms with Crippen molar-refractivity contribution in [3.8, 4) is 0 Å². The van der Waals surface area contributed by atoms with Crippen molar-refractivity contribution in [1.82, 2.24) is 4.90 Å². The number of rotatable bonds is 7. The fourth-order valence-corrected chi connectivity index (χ4v) is 1.91. The summed E-state index contributed by atoms with van der Waals surface area (Å²) in [5.41, 5.74) is 5.97. The van der Waals surface area contributed by atoms with Crippen LogP contribution in [0.15, 0.2) is 18.2 Å². The minimum absolute atomic E-state index is 0.149. The van der Waals surface area contributed by atoms with Gasteiger partial charge in [-0.1, -0.05) is 12.1 Å². The zero-order valence-corrected chi connectivity index (χ0v) is 11.7. The lowest BCUT2D eigenvalue weighted by Crippen LogP contribution is -2.34. The third-order valence-corrected chi connectivity index (χ3v) is 2.99. The highest BCUT2D eigenvalue weighted by molar-refractivity contribution is 5.23. The Morgan fingerprint density at radius 3 is 2.58 bits per heavy atom. The highest BCUT2D eigenvalue weighted by atomic mass is 19.2. The number of benzene rings is 1. The van der Waals surface area contributed by atoms with Gasteiger partial charge in [0.2, 0.25) is 0 Å². The van der Waals surface area contributed by atoms with E-state index in [4.69, 9.17) is 10.5 Å². The summed E-state index contributed by atoms with van der Waals surface area (Å²) in [6.45, 7) is 5.26. The van der Waals surface area contributed by atoms with Gasteiger partial charge in [-0.2, -0.15) is 0 Å². The number of nitrogens with two attached hydrogens (primary N) is 1. The Morgan fingerprint density at radius 1 is 1.32 bits per heavy atom. The second-order valence-corrected chi connectivity index (χ2v) is 4.79. The van der Waals surface area contributed by atoms with E-state index in [0.717, 1.165) is 6.07 Å². The summed E-state index contributed by atoms with van der Waals surface area (Å²) in [6.07, 6.45) is 0.149. The van der Waals surface area contributed by atoms with Gasteiger partial charge >= 0.3 is 0 Å². The van der Waals surface area contributed by atoms with E-state index < -0.39 is 11.6 Å². The van der Waals surface area contributed by atoms with Crippen LogP contribution < -0.4 is 5.73 Å². The maximum Gasteiger partial charge on any atom is 0.163 e. The first-order valence-corrected chi connectivity index (χ1v) is 6.43. The highest BCUT2D eigenvalue weighted by Gasteiger charge is 2.20. The maximum atomic E-state index is 13.8. The molecule has 0 saturated carbocycles. The van der Waals surface area contributed by atoms with E-state index in [0.29, 0.717) is 13.2 Å². The third kappa shape index (κ3) is 4.53. The Hall–Kier alpha value is -1.04. The Bertz CT molecular complexity index is 399. The molecule has 0 bridgehead atoms. The van der Waals surface area contributed by atoms with E-state index >= 15 is 0 Å². The van der Waals surface area contributed by atoms with Crippen LogP contribution in [0.2, 0.25) is 0 Å².